The van der Waals surface area contributed by atoms with E-state index in [1.165, 1.54) is 14.2 Å². The molecule has 0 fully saturated rings. The standard InChI is InChI=1S/C23H20ClN3O4S/c1-30-18-9-10-19(20(13-18)31-2)22(29)27-23(32)26-17-8-4-7-16(12-17)25-21(28)14-5-3-6-15(24)11-14/h3-13H,1-2H3,(H,25,28)(H2,26,27,29,32). The normalized spacial score (nSPS) is 10.1. The Hall–Kier alpha value is -3.62. The smallest absolute Gasteiger partial charge is 0.261 e. The summed E-state index contributed by atoms with van der Waals surface area (Å²) < 4.78 is 10.4. The Morgan fingerprint density at radius 1 is 0.844 bits per heavy atom. The number of halogens is 1. The number of nitrogens with one attached hydrogen (secondary N) is 3. The largest absolute Gasteiger partial charge is 0.497 e. The van der Waals surface area contributed by atoms with Gasteiger partial charge in [-0.15, -0.1) is 0 Å². The van der Waals surface area contributed by atoms with E-state index in [1.54, 1.807) is 66.7 Å². The lowest BCUT2D eigenvalue weighted by atomic mass is 10.2. The molecule has 3 N–H and O–H groups in total. The van der Waals surface area contributed by atoms with Gasteiger partial charge in [-0.05, 0) is 60.7 Å². The number of hydrogen-bond acceptors (Lipinski definition) is 5. The summed E-state index contributed by atoms with van der Waals surface area (Å²) in [5.74, 6) is 0.186. The first-order valence-corrected chi connectivity index (χ1v) is 10.2. The van der Waals surface area contributed by atoms with Gasteiger partial charge in [0.05, 0.1) is 19.8 Å². The van der Waals surface area contributed by atoms with Gasteiger partial charge in [0.2, 0.25) is 0 Å². The molecule has 0 aromatic heterocycles. The lowest BCUT2D eigenvalue weighted by molar-refractivity contribution is 0.0973. The SMILES string of the molecule is COc1ccc(C(=O)NC(=S)Nc2cccc(NC(=O)c3cccc(Cl)c3)c2)c(OC)c1. The molecular weight excluding hydrogens is 450 g/mol. The molecule has 2 amide bonds. The number of amides is 2. The molecule has 9 heteroatoms. The molecule has 3 aromatic rings. The molecule has 7 nitrogen and oxygen atoms in total. The monoisotopic (exact) mass is 469 g/mol. The maximum absolute atomic E-state index is 12.6. The van der Waals surface area contributed by atoms with Gasteiger partial charge in [-0.25, -0.2) is 0 Å². The minimum absolute atomic E-state index is 0.0891. The molecule has 32 heavy (non-hydrogen) atoms. The number of rotatable bonds is 6. The van der Waals surface area contributed by atoms with Gasteiger partial charge in [-0.1, -0.05) is 23.7 Å². The van der Waals surface area contributed by atoms with Crippen molar-refractivity contribution in [1.82, 2.24) is 5.32 Å². The van der Waals surface area contributed by atoms with Crippen molar-refractivity contribution < 1.29 is 19.1 Å². The predicted molar refractivity (Wildman–Crippen MR) is 129 cm³/mol. The molecule has 0 aliphatic heterocycles. The van der Waals surface area contributed by atoms with Gasteiger partial charge in [0.1, 0.15) is 11.5 Å². The van der Waals surface area contributed by atoms with E-state index in [1.807, 2.05) is 0 Å². The van der Waals surface area contributed by atoms with E-state index in [-0.39, 0.29) is 11.0 Å². The Balaban J connectivity index is 1.64. The molecule has 0 spiro atoms. The van der Waals surface area contributed by atoms with Gasteiger partial charge in [0.15, 0.2) is 5.11 Å². The summed E-state index contributed by atoms with van der Waals surface area (Å²) in [4.78, 5) is 25.0. The second-order valence-electron chi connectivity index (χ2n) is 6.52. The topological polar surface area (TPSA) is 88.7 Å². The molecule has 3 aromatic carbocycles. The summed E-state index contributed by atoms with van der Waals surface area (Å²) in [6.07, 6.45) is 0. The van der Waals surface area contributed by atoms with E-state index in [4.69, 9.17) is 33.3 Å². The Bertz CT molecular complexity index is 1170. The zero-order chi connectivity index (χ0) is 23.1. The number of thiocarbonyl (C=S) groups is 1. The molecule has 0 unspecified atom stereocenters. The van der Waals surface area contributed by atoms with E-state index in [9.17, 15) is 9.59 Å². The minimum Gasteiger partial charge on any atom is -0.497 e. The van der Waals surface area contributed by atoms with Crippen LogP contribution in [0.3, 0.4) is 0 Å². The van der Waals surface area contributed by atoms with E-state index < -0.39 is 5.91 Å². The summed E-state index contributed by atoms with van der Waals surface area (Å²) in [5.41, 5.74) is 1.87. The summed E-state index contributed by atoms with van der Waals surface area (Å²) in [6.45, 7) is 0. The van der Waals surface area contributed by atoms with Crippen LogP contribution in [0.5, 0.6) is 11.5 Å². The highest BCUT2D eigenvalue weighted by Gasteiger charge is 2.15. The predicted octanol–water partition coefficient (Wildman–Crippen LogP) is 4.74. The number of benzene rings is 3. The van der Waals surface area contributed by atoms with E-state index in [0.717, 1.165) is 0 Å². The van der Waals surface area contributed by atoms with Gasteiger partial charge in [-0.2, -0.15) is 0 Å². The molecule has 164 valence electrons. The third-order valence-corrected chi connectivity index (χ3v) is 4.78. The molecule has 0 aliphatic carbocycles. The first-order valence-electron chi connectivity index (χ1n) is 9.41. The third-order valence-electron chi connectivity index (χ3n) is 4.35. The Kier molecular flexibility index (Phi) is 7.64. The molecule has 0 atom stereocenters. The van der Waals surface area contributed by atoms with Crippen molar-refractivity contribution in [2.24, 2.45) is 0 Å². The molecule has 0 bridgehead atoms. The van der Waals surface area contributed by atoms with Crippen LogP contribution in [0, 0.1) is 0 Å². The zero-order valence-corrected chi connectivity index (χ0v) is 18.8. The second kappa shape index (κ2) is 10.6. The van der Waals surface area contributed by atoms with E-state index >= 15 is 0 Å². The summed E-state index contributed by atoms with van der Waals surface area (Å²) in [7, 11) is 2.99. The first-order chi connectivity index (χ1) is 15.4. The second-order valence-corrected chi connectivity index (χ2v) is 7.36. The van der Waals surface area contributed by atoms with Crippen LogP contribution in [0.1, 0.15) is 20.7 Å². The molecule has 0 saturated carbocycles. The van der Waals surface area contributed by atoms with Crippen molar-refractivity contribution >= 4 is 52.1 Å². The summed E-state index contributed by atoms with van der Waals surface area (Å²) in [6, 6.07) is 18.4. The van der Waals surface area contributed by atoms with E-state index in [0.29, 0.717) is 39.0 Å². The van der Waals surface area contributed by atoms with Crippen LogP contribution in [-0.4, -0.2) is 31.1 Å². The van der Waals surface area contributed by atoms with E-state index in [2.05, 4.69) is 16.0 Å². The Labute approximate surface area is 195 Å². The van der Waals surface area contributed by atoms with Crippen LogP contribution in [0.2, 0.25) is 5.02 Å². The van der Waals surface area contributed by atoms with Crippen molar-refractivity contribution in [3.05, 3.63) is 82.9 Å². The Morgan fingerprint density at radius 2 is 1.56 bits per heavy atom. The molecule has 0 heterocycles. The molecule has 0 aliphatic rings. The average Bonchev–Trinajstić information content (AvgIpc) is 2.78. The summed E-state index contributed by atoms with van der Waals surface area (Å²) in [5, 5.41) is 8.89. The van der Waals surface area contributed by atoms with Gasteiger partial charge >= 0.3 is 0 Å². The van der Waals surface area contributed by atoms with Gasteiger partial charge in [0, 0.05) is 28.0 Å². The number of carbonyl (C=O) groups is 2. The highest BCUT2D eigenvalue weighted by molar-refractivity contribution is 7.80. The lowest BCUT2D eigenvalue weighted by Crippen LogP contribution is -2.34. The van der Waals surface area contributed by atoms with Crippen LogP contribution in [0.4, 0.5) is 11.4 Å². The van der Waals surface area contributed by atoms with Crippen molar-refractivity contribution in [2.75, 3.05) is 24.9 Å². The van der Waals surface area contributed by atoms with Crippen LogP contribution >= 0.6 is 23.8 Å². The number of carbonyl (C=O) groups excluding carboxylic acids is 2. The number of anilines is 2. The summed E-state index contributed by atoms with van der Waals surface area (Å²) >= 11 is 11.2. The maximum Gasteiger partial charge on any atom is 0.261 e. The zero-order valence-electron chi connectivity index (χ0n) is 17.3. The highest BCUT2D eigenvalue weighted by atomic mass is 35.5. The molecular formula is C23H20ClN3O4S. The van der Waals surface area contributed by atoms with Crippen LogP contribution < -0.4 is 25.4 Å². The number of hydrogen-bond donors (Lipinski definition) is 3. The fourth-order valence-corrected chi connectivity index (χ4v) is 3.23. The maximum atomic E-state index is 12.6. The van der Waals surface area contributed by atoms with Crippen molar-refractivity contribution in [3.63, 3.8) is 0 Å². The van der Waals surface area contributed by atoms with Crippen molar-refractivity contribution in [2.45, 2.75) is 0 Å². The first kappa shape index (κ1) is 23.1. The molecule has 0 radical (unpaired) electrons. The van der Waals surface area contributed by atoms with Crippen LogP contribution in [-0.2, 0) is 0 Å². The van der Waals surface area contributed by atoms with Crippen molar-refractivity contribution in [3.8, 4) is 11.5 Å². The number of ether oxygens (including phenoxy) is 2. The lowest BCUT2D eigenvalue weighted by Gasteiger charge is -2.13. The van der Waals surface area contributed by atoms with Gasteiger partial charge in [-0.3, -0.25) is 14.9 Å². The highest BCUT2D eigenvalue weighted by Crippen LogP contribution is 2.24. The minimum atomic E-state index is -0.438. The molecule has 3 rings (SSSR count). The van der Waals surface area contributed by atoms with Gasteiger partial charge in [0.25, 0.3) is 11.8 Å². The van der Waals surface area contributed by atoms with Crippen molar-refractivity contribution in [1.29, 1.82) is 0 Å². The quantitative estimate of drug-likeness (QED) is 0.452. The number of methoxy groups -OCH3 is 2. The van der Waals surface area contributed by atoms with Crippen LogP contribution in [0.25, 0.3) is 0 Å². The fourth-order valence-electron chi connectivity index (χ4n) is 2.83. The van der Waals surface area contributed by atoms with Crippen LogP contribution in [0.15, 0.2) is 66.7 Å². The van der Waals surface area contributed by atoms with Gasteiger partial charge < -0.3 is 20.1 Å². The Morgan fingerprint density at radius 3 is 2.25 bits per heavy atom. The molecule has 0 saturated heterocycles. The third kappa shape index (κ3) is 5.96. The average molecular weight is 470 g/mol. The fraction of sp³-hybridized carbons (Fsp3) is 0.0870.